The van der Waals surface area contributed by atoms with Crippen molar-refractivity contribution in [2.45, 2.75) is 0 Å². The maximum absolute atomic E-state index is 5.55. The first-order valence-corrected chi connectivity index (χ1v) is 2.62. The van der Waals surface area contributed by atoms with Gasteiger partial charge in [-0.3, -0.25) is 0 Å². The first-order valence-electron chi connectivity index (χ1n) is 2.62. The second kappa shape index (κ2) is 0.540. The fraction of sp³-hybridized carbons (Fsp3) is 0. The first kappa shape index (κ1) is 2.97. The number of nitrogen functional groups attached to an aromatic ring is 1. The Kier molecular flexibility index (Phi) is 0.201. The average molecular weight is 104 g/mol. The number of nitrogens with zero attached hydrogens (tertiary/aromatic N) is 1. The molecular weight excluding hydrogens is 100 g/mol. The normalized spacial score (nSPS) is 15.8. The molecule has 3 aliphatic heterocycles. The number of rotatable bonds is 0. The van der Waals surface area contributed by atoms with Crippen LogP contribution in [0.1, 0.15) is 0 Å². The Bertz CT molecular complexity index is 291. The number of anilines is 4. The van der Waals surface area contributed by atoms with Gasteiger partial charge in [-0.2, -0.15) is 0 Å². The van der Waals surface area contributed by atoms with Gasteiger partial charge in [-0.25, -0.2) is 0 Å². The molecule has 0 amide bonds. The maximum atomic E-state index is 5.55. The van der Waals surface area contributed by atoms with Crippen LogP contribution in [-0.2, 0) is 0 Å². The van der Waals surface area contributed by atoms with E-state index in [1.165, 1.54) is 17.1 Å². The van der Waals surface area contributed by atoms with Gasteiger partial charge in [0, 0.05) is 0 Å². The molecule has 3 aliphatic rings. The highest BCUT2D eigenvalue weighted by molar-refractivity contribution is 6.28. The molecule has 8 heavy (non-hydrogen) atoms. The lowest BCUT2D eigenvalue weighted by atomic mass is 10.3. The fourth-order valence-corrected chi connectivity index (χ4v) is 1.20. The third-order valence-electron chi connectivity index (χ3n) is 1.75. The van der Waals surface area contributed by atoms with Gasteiger partial charge in [-0.05, 0) is 12.1 Å². The topological polar surface area (TPSA) is 29.0 Å². The van der Waals surface area contributed by atoms with E-state index in [4.69, 9.17) is 5.73 Å². The van der Waals surface area contributed by atoms with E-state index < -0.39 is 0 Å². The zero-order chi connectivity index (χ0) is 5.30. The van der Waals surface area contributed by atoms with Gasteiger partial charge < -0.3 is 10.6 Å². The Labute approximate surface area is 46.5 Å². The third kappa shape index (κ3) is 0.124. The van der Waals surface area contributed by atoms with Crippen molar-refractivity contribution in [3.8, 4) is 0 Å². The van der Waals surface area contributed by atoms with E-state index in [2.05, 4.69) is 11.0 Å². The van der Waals surface area contributed by atoms with Gasteiger partial charge in [0.05, 0.1) is 22.7 Å². The zero-order valence-electron chi connectivity index (χ0n) is 4.18. The molecule has 0 unspecified atom stereocenters. The molecule has 1 aromatic rings. The second-order valence-corrected chi connectivity index (χ2v) is 2.21. The van der Waals surface area contributed by atoms with Crippen LogP contribution >= 0.6 is 0 Å². The van der Waals surface area contributed by atoms with Crippen molar-refractivity contribution in [2.75, 3.05) is 10.6 Å². The minimum Gasteiger partial charge on any atom is -0.397 e. The van der Waals surface area contributed by atoms with Crippen molar-refractivity contribution in [3.63, 3.8) is 0 Å². The highest BCUT2D eigenvalue weighted by Crippen LogP contribution is 2.76. The van der Waals surface area contributed by atoms with Crippen molar-refractivity contribution in [3.05, 3.63) is 12.1 Å². The summed E-state index contributed by atoms with van der Waals surface area (Å²) in [4.78, 5) is 2.16. The summed E-state index contributed by atoms with van der Waals surface area (Å²) in [6.07, 6.45) is 0. The van der Waals surface area contributed by atoms with E-state index in [9.17, 15) is 0 Å². The molecule has 38 valence electrons. The molecule has 0 fully saturated rings. The highest BCUT2D eigenvalue weighted by atomic mass is 15.4. The predicted octanol–water partition coefficient (Wildman–Crippen LogP) is 1.37. The third-order valence-corrected chi connectivity index (χ3v) is 1.75. The second-order valence-electron chi connectivity index (χ2n) is 2.21. The summed E-state index contributed by atoms with van der Waals surface area (Å²) in [5.74, 6) is 0. The van der Waals surface area contributed by atoms with Crippen LogP contribution in [0.2, 0.25) is 0 Å². The summed E-state index contributed by atoms with van der Waals surface area (Å²) in [6, 6.07) is 4.01. The van der Waals surface area contributed by atoms with Crippen LogP contribution in [0.4, 0.5) is 22.7 Å². The molecule has 0 radical (unpaired) electrons. The summed E-state index contributed by atoms with van der Waals surface area (Å²) in [5.41, 5.74) is 10.5. The first-order chi connectivity index (χ1) is 3.89. The maximum Gasteiger partial charge on any atom is 0.0970 e. The van der Waals surface area contributed by atoms with Crippen molar-refractivity contribution in [1.82, 2.24) is 0 Å². The van der Waals surface area contributed by atoms with Crippen molar-refractivity contribution < 1.29 is 0 Å². The van der Waals surface area contributed by atoms with Crippen molar-refractivity contribution in [1.29, 1.82) is 0 Å². The van der Waals surface area contributed by atoms with Gasteiger partial charge >= 0.3 is 0 Å². The van der Waals surface area contributed by atoms with Crippen LogP contribution in [0.15, 0.2) is 12.1 Å². The molecule has 2 N–H and O–H groups in total. The van der Waals surface area contributed by atoms with Crippen molar-refractivity contribution in [2.24, 2.45) is 0 Å². The molecule has 0 atom stereocenters. The molecule has 0 aromatic heterocycles. The van der Waals surface area contributed by atoms with Crippen LogP contribution in [0.5, 0.6) is 0 Å². The smallest absolute Gasteiger partial charge is 0.0970 e. The van der Waals surface area contributed by atoms with E-state index in [0.717, 1.165) is 5.69 Å². The largest absolute Gasteiger partial charge is 0.397 e. The lowest BCUT2D eigenvalue weighted by molar-refractivity contribution is 1.63. The Balaban J connectivity index is 2.55. The van der Waals surface area contributed by atoms with E-state index in [-0.39, 0.29) is 0 Å². The minimum atomic E-state index is 0.926. The molecule has 2 nitrogen and oxygen atoms in total. The summed E-state index contributed by atoms with van der Waals surface area (Å²) in [6.45, 7) is 0. The number of hydrogen-bond acceptors (Lipinski definition) is 2. The Morgan fingerprint density at radius 1 is 1.25 bits per heavy atom. The van der Waals surface area contributed by atoms with E-state index in [0.29, 0.717) is 0 Å². The van der Waals surface area contributed by atoms with Gasteiger partial charge in [0.1, 0.15) is 0 Å². The summed E-state index contributed by atoms with van der Waals surface area (Å²) in [5, 5.41) is 0. The SMILES string of the molecule is Nc1ccc2c3c1N23. The molecule has 2 heteroatoms. The van der Waals surface area contributed by atoms with Crippen LogP contribution in [0, 0.1) is 0 Å². The van der Waals surface area contributed by atoms with E-state index in [1.807, 2.05) is 6.07 Å². The molecule has 2 bridgehead atoms. The predicted molar refractivity (Wildman–Crippen MR) is 32.7 cm³/mol. The van der Waals surface area contributed by atoms with Gasteiger partial charge in [-0.1, -0.05) is 0 Å². The lowest BCUT2D eigenvalue weighted by Gasteiger charge is -1.95. The molecule has 0 spiro atoms. The molecule has 3 heterocycles. The summed E-state index contributed by atoms with van der Waals surface area (Å²) >= 11 is 0. The molecule has 0 saturated carbocycles. The van der Waals surface area contributed by atoms with Crippen LogP contribution in [-0.4, -0.2) is 0 Å². The summed E-state index contributed by atoms with van der Waals surface area (Å²) in [7, 11) is 0. The van der Waals surface area contributed by atoms with Gasteiger partial charge in [0.15, 0.2) is 0 Å². The molecule has 0 aliphatic carbocycles. The number of benzene rings is 1. The Morgan fingerprint density at radius 3 is 2.38 bits per heavy atom. The Morgan fingerprint density at radius 2 is 2.00 bits per heavy atom. The number of fused-ring (bicyclic) bond motifs is 2. The van der Waals surface area contributed by atoms with Gasteiger partial charge in [-0.15, -0.1) is 0 Å². The minimum absolute atomic E-state index is 0.926. The lowest BCUT2D eigenvalue weighted by Crippen LogP contribution is -1.86. The van der Waals surface area contributed by atoms with Crippen LogP contribution < -0.4 is 10.6 Å². The molecule has 1 aromatic carbocycles. The summed E-state index contributed by atoms with van der Waals surface area (Å²) < 4.78 is 0. The fourth-order valence-electron chi connectivity index (χ4n) is 1.20. The molecule has 4 rings (SSSR count). The number of hydrogen-bond donors (Lipinski definition) is 1. The average Bonchev–Trinajstić information content (AvgIpc) is 2.48. The van der Waals surface area contributed by atoms with Crippen molar-refractivity contribution >= 4 is 22.7 Å². The molecular formula is C6H4N2. The highest BCUT2D eigenvalue weighted by Gasteiger charge is 2.51. The van der Waals surface area contributed by atoms with E-state index >= 15 is 0 Å². The van der Waals surface area contributed by atoms with Gasteiger partial charge in [0.2, 0.25) is 0 Å². The van der Waals surface area contributed by atoms with Gasteiger partial charge in [0.25, 0.3) is 0 Å². The quantitative estimate of drug-likeness (QED) is 0.344. The molecule has 0 saturated heterocycles. The standard InChI is InChI=1S/C6H4N2/c7-3-1-2-4-6-5(3)8(4)6/h1-2H,7H2. The monoisotopic (exact) mass is 104 g/mol. The Hall–Kier alpha value is -1.18. The van der Waals surface area contributed by atoms with Crippen LogP contribution in [0.25, 0.3) is 0 Å². The zero-order valence-corrected chi connectivity index (χ0v) is 4.18. The number of nitrogens with two attached hydrogens (primary N) is 1. The van der Waals surface area contributed by atoms with Crippen LogP contribution in [0.3, 0.4) is 0 Å². The van der Waals surface area contributed by atoms with E-state index in [1.54, 1.807) is 0 Å².